The summed E-state index contributed by atoms with van der Waals surface area (Å²) in [6.45, 7) is 2.66. The second-order valence-electron chi connectivity index (χ2n) is 7.66. The SMILES string of the molecule is CCCCCCCCc1ccc(OCC(O)Cn2nnc(-c3ccccc3)n2)cc1. The van der Waals surface area contributed by atoms with Crippen LogP contribution < -0.4 is 4.74 Å². The fourth-order valence-electron chi connectivity index (χ4n) is 3.32. The van der Waals surface area contributed by atoms with Crippen molar-refractivity contribution >= 4 is 0 Å². The standard InChI is InChI=1S/C24H32N4O2/c1-2-3-4-5-6-8-11-20-14-16-23(17-15-20)30-19-22(29)18-28-26-24(25-27-28)21-12-9-7-10-13-21/h7,9-10,12-17,22,29H,2-6,8,11,18-19H2,1H3. The third-order valence-electron chi connectivity index (χ3n) is 5.04. The Hall–Kier alpha value is -2.73. The average Bonchev–Trinajstić information content (AvgIpc) is 3.24. The van der Waals surface area contributed by atoms with Crippen LogP contribution in [-0.4, -0.2) is 38.0 Å². The van der Waals surface area contributed by atoms with E-state index in [0.717, 1.165) is 17.7 Å². The number of benzene rings is 2. The van der Waals surface area contributed by atoms with Gasteiger partial charge >= 0.3 is 0 Å². The van der Waals surface area contributed by atoms with Crippen LogP contribution in [0.5, 0.6) is 5.75 Å². The smallest absolute Gasteiger partial charge is 0.204 e. The quantitative estimate of drug-likeness (QED) is 0.416. The summed E-state index contributed by atoms with van der Waals surface area (Å²) >= 11 is 0. The molecule has 0 bridgehead atoms. The first-order valence-electron chi connectivity index (χ1n) is 11.0. The molecule has 6 heteroatoms. The molecule has 6 nitrogen and oxygen atoms in total. The van der Waals surface area contributed by atoms with E-state index in [1.807, 2.05) is 42.5 Å². The fourth-order valence-corrected chi connectivity index (χ4v) is 3.32. The van der Waals surface area contributed by atoms with E-state index in [1.165, 1.54) is 48.9 Å². The molecule has 0 aliphatic carbocycles. The van der Waals surface area contributed by atoms with E-state index in [9.17, 15) is 5.11 Å². The molecular formula is C24H32N4O2. The van der Waals surface area contributed by atoms with Gasteiger partial charge in [0.05, 0.1) is 6.54 Å². The van der Waals surface area contributed by atoms with Gasteiger partial charge < -0.3 is 9.84 Å². The van der Waals surface area contributed by atoms with Crippen molar-refractivity contribution in [3.05, 3.63) is 60.2 Å². The average molecular weight is 409 g/mol. The van der Waals surface area contributed by atoms with Crippen LogP contribution in [-0.2, 0) is 13.0 Å². The number of nitrogens with zero attached hydrogens (tertiary/aromatic N) is 4. The Kier molecular flexibility index (Phi) is 8.84. The second kappa shape index (κ2) is 12.1. The Balaban J connectivity index is 1.37. The summed E-state index contributed by atoms with van der Waals surface area (Å²) in [6.07, 6.45) is 8.25. The molecule has 1 aromatic heterocycles. The minimum atomic E-state index is -0.717. The van der Waals surface area contributed by atoms with Gasteiger partial charge in [-0.3, -0.25) is 0 Å². The normalized spacial score (nSPS) is 12.1. The predicted octanol–water partition coefficient (Wildman–Crippen LogP) is 4.68. The number of ether oxygens (including phenoxy) is 1. The summed E-state index contributed by atoms with van der Waals surface area (Å²) in [5.74, 6) is 1.31. The molecule has 0 saturated carbocycles. The first-order valence-corrected chi connectivity index (χ1v) is 11.0. The number of unbranched alkanes of at least 4 members (excludes halogenated alkanes) is 5. The van der Waals surface area contributed by atoms with Crippen LogP contribution in [0.2, 0.25) is 0 Å². The van der Waals surface area contributed by atoms with Crippen molar-refractivity contribution in [1.29, 1.82) is 0 Å². The van der Waals surface area contributed by atoms with Crippen LogP contribution >= 0.6 is 0 Å². The van der Waals surface area contributed by atoms with Gasteiger partial charge in [0.25, 0.3) is 0 Å². The maximum atomic E-state index is 10.2. The summed E-state index contributed by atoms with van der Waals surface area (Å²) < 4.78 is 5.72. The van der Waals surface area contributed by atoms with Gasteiger partial charge in [0.2, 0.25) is 5.82 Å². The predicted molar refractivity (Wildman–Crippen MR) is 118 cm³/mol. The molecule has 1 unspecified atom stereocenters. The molecular weight excluding hydrogens is 376 g/mol. The minimum absolute atomic E-state index is 0.180. The molecule has 3 rings (SSSR count). The Morgan fingerprint density at radius 1 is 0.933 bits per heavy atom. The van der Waals surface area contributed by atoms with Crippen LogP contribution in [0.1, 0.15) is 51.0 Å². The van der Waals surface area contributed by atoms with E-state index in [4.69, 9.17) is 4.74 Å². The summed E-state index contributed by atoms with van der Waals surface area (Å²) in [5, 5.41) is 22.6. The molecule has 160 valence electrons. The van der Waals surface area contributed by atoms with Crippen LogP contribution in [0.4, 0.5) is 0 Å². The topological polar surface area (TPSA) is 73.1 Å². The Labute approximate surface area is 178 Å². The second-order valence-corrected chi connectivity index (χ2v) is 7.66. The zero-order valence-corrected chi connectivity index (χ0v) is 17.8. The Morgan fingerprint density at radius 3 is 2.43 bits per heavy atom. The molecule has 1 heterocycles. The maximum absolute atomic E-state index is 10.2. The molecule has 0 saturated heterocycles. The lowest BCUT2D eigenvalue weighted by Gasteiger charge is -2.12. The Morgan fingerprint density at radius 2 is 1.67 bits per heavy atom. The molecule has 3 aromatic rings. The van der Waals surface area contributed by atoms with Crippen molar-refractivity contribution in [2.24, 2.45) is 0 Å². The molecule has 0 fully saturated rings. The lowest BCUT2D eigenvalue weighted by atomic mass is 10.0. The first-order chi connectivity index (χ1) is 14.7. The van der Waals surface area contributed by atoms with Crippen LogP contribution in [0.25, 0.3) is 11.4 Å². The van der Waals surface area contributed by atoms with Gasteiger partial charge in [-0.1, -0.05) is 81.5 Å². The van der Waals surface area contributed by atoms with Gasteiger partial charge in [-0.15, -0.1) is 10.2 Å². The molecule has 1 N–H and O–H groups in total. The number of hydrogen-bond acceptors (Lipinski definition) is 5. The monoisotopic (exact) mass is 408 g/mol. The lowest BCUT2D eigenvalue weighted by Crippen LogP contribution is -2.25. The largest absolute Gasteiger partial charge is 0.491 e. The highest BCUT2D eigenvalue weighted by atomic mass is 16.5. The van der Waals surface area contributed by atoms with Crippen molar-refractivity contribution in [2.45, 2.75) is 64.5 Å². The molecule has 0 spiro atoms. The number of tetrazole rings is 1. The third-order valence-corrected chi connectivity index (χ3v) is 5.04. The third kappa shape index (κ3) is 7.26. The van der Waals surface area contributed by atoms with Gasteiger partial charge in [0.1, 0.15) is 18.5 Å². The molecule has 0 aliphatic heterocycles. The number of aliphatic hydroxyl groups excluding tert-OH is 1. The summed E-state index contributed by atoms with van der Waals surface area (Å²) in [7, 11) is 0. The van der Waals surface area contributed by atoms with Crippen LogP contribution in [0, 0.1) is 0 Å². The van der Waals surface area contributed by atoms with Crippen LogP contribution in [0.3, 0.4) is 0 Å². The summed E-state index contributed by atoms with van der Waals surface area (Å²) in [5.41, 5.74) is 2.23. The summed E-state index contributed by atoms with van der Waals surface area (Å²) in [4.78, 5) is 1.40. The van der Waals surface area contributed by atoms with Gasteiger partial charge in [0.15, 0.2) is 0 Å². The molecule has 30 heavy (non-hydrogen) atoms. The number of aryl methyl sites for hydroxylation is 1. The molecule has 0 amide bonds. The molecule has 1 atom stereocenters. The lowest BCUT2D eigenvalue weighted by molar-refractivity contribution is 0.0850. The van der Waals surface area contributed by atoms with Crippen molar-refractivity contribution in [3.8, 4) is 17.1 Å². The highest BCUT2D eigenvalue weighted by Gasteiger charge is 2.11. The van der Waals surface area contributed by atoms with E-state index >= 15 is 0 Å². The van der Waals surface area contributed by atoms with E-state index in [1.54, 1.807) is 0 Å². The minimum Gasteiger partial charge on any atom is -0.491 e. The van der Waals surface area contributed by atoms with Crippen molar-refractivity contribution in [2.75, 3.05) is 6.61 Å². The fraction of sp³-hybridized carbons (Fsp3) is 0.458. The number of rotatable bonds is 13. The van der Waals surface area contributed by atoms with Gasteiger partial charge in [-0.05, 0) is 35.8 Å². The number of aliphatic hydroxyl groups is 1. The van der Waals surface area contributed by atoms with Gasteiger partial charge in [-0.2, -0.15) is 4.80 Å². The molecule has 2 aromatic carbocycles. The zero-order valence-electron chi connectivity index (χ0n) is 17.8. The molecule has 0 aliphatic rings. The van der Waals surface area contributed by atoms with E-state index in [2.05, 4.69) is 34.5 Å². The van der Waals surface area contributed by atoms with Gasteiger partial charge in [-0.25, -0.2) is 0 Å². The number of aromatic nitrogens is 4. The van der Waals surface area contributed by atoms with Crippen LogP contribution in [0.15, 0.2) is 54.6 Å². The van der Waals surface area contributed by atoms with Crippen molar-refractivity contribution in [3.63, 3.8) is 0 Å². The summed E-state index contributed by atoms with van der Waals surface area (Å²) in [6, 6.07) is 17.8. The number of hydrogen-bond donors (Lipinski definition) is 1. The van der Waals surface area contributed by atoms with Crippen molar-refractivity contribution in [1.82, 2.24) is 20.2 Å². The van der Waals surface area contributed by atoms with Crippen molar-refractivity contribution < 1.29 is 9.84 Å². The zero-order chi connectivity index (χ0) is 21.0. The van der Waals surface area contributed by atoms with Gasteiger partial charge in [0, 0.05) is 5.56 Å². The van der Waals surface area contributed by atoms with E-state index < -0.39 is 6.10 Å². The highest BCUT2D eigenvalue weighted by molar-refractivity contribution is 5.52. The highest BCUT2D eigenvalue weighted by Crippen LogP contribution is 2.16. The Bertz CT molecular complexity index is 849. The maximum Gasteiger partial charge on any atom is 0.204 e. The van der Waals surface area contributed by atoms with E-state index in [-0.39, 0.29) is 13.2 Å². The molecule has 0 radical (unpaired) electrons. The first kappa shape index (κ1) is 22.0. The van der Waals surface area contributed by atoms with E-state index in [0.29, 0.717) is 5.82 Å².